The molecule has 2 saturated heterocycles. The highest BCUT2D eigenvalue weighted by Crippen LogP contribution is 2.34. The molecule has 0 aromatic heterocycles. The first kappa shape index (κ1) is 24.3. The number of aliphatic imine (C=N–C) groups is 1. The summed E-state index contributed by atoms with van der Waals surface area (Å²) >= 11 is 0. The number of ether oxygens (including phenoxy) is 2. The van der Waals surface area contributed by atoms with Gasteiger partial charge >= 0.3 is 6.09 Å². The van der Waals surface area contributed by atoms with Gasteiger partial charge in [-0.15, -0.1) is 24.0 Å². The second-order valence-corrected chi connectivity index (χ2v) is 8.55. The van der Waals surface area contributed by atoms with Crippen molar-refractivity contribution in [2.24, 2.45) is 10.9 Å². The van der Waals surface area contributed by atoms with Crippen molar-refractivity contribution in [1.82, 2.24) is 15.5 Å². The Labute approximate surface area is 181 Å². The topological polar surface area (TPSA) is 75.2 Å². The van der Waals surface area contributed by atoms with E-state index in [0.717, 1.165) is 25.3 Å². The molecule has 0 radical (unpaired) electrons. The third-order valence-corrected chi connectivity index (χ3v) is 4.62. The molecular weight excluding hydrogens is 459 g/mol. The Balaban J connectivity index is 0.00000364. The van der Waals surface area contributed by atoms with Crippen molar-refractivity contribution < 1.29 is 14.3 Å². The van der Waals surface area contributed by atoms with Crippen molar-refractivity contribution in [3.8, 4) is 0 Å². The number of nitrogens with zero attached hydrogens (tertiary/aromatic N) is 2. The van der Waals surface area contributed by atoms with Gasteiger partial charge in [-0.3, -0.25) is 4.99 Å². The molecule has 4 unspecified atom stereocenters. The minimum atomic E-state index is -0.475. The molecule has 158 valence electrons. The van der Waals surface area contributed by atoms with Crippen molar-refractivity contribution in [1.29, 1.82) is 0 Å². The molecular formula is C19H37IN4O3. The van der Waals surface area contributed by atoms with Crippen LogP contribution < -0.4 is 10.6 Å². The highest BCUT2D eigenvalue weighted by Gasteiger charge is 2.41. The lowest BCUT2D eigenvalue weighted by atomic mass is 9.96. The molecule has 4 atom stereocenters. The molecule has 2 rings (SSSR count). The number of rotatable bonds is 6. The van der Waals surface area contributed by atoms with Gasteiger partial charge in [0.1, 0.15) is 5.60 Å². The predicted octanol–water partition coefficient (Wildman–Crippen LogP) is 2.98. The quantitative estimate of drug-likeness (QED) is 0.336. The van der Waals surface area contributed by atoms with Crippen molar-refractivity contribution >= 4 is 36.0 Å². The number of amides is 1. The normalized spacial score (nSPS) is 25.6. The molecule has 2 fully saturated rings. The monoisotopic (exact) mass is 496 g/mol. The maximum Gasteiger partial charge on any atom is 0.410 e. The fourth-order valence-corrected chi connectivity index (χ4v) is 3.47. The third-order valence-electron chi connectivity index (χ3n) is 4.62. The van der Waals surface area contributed by atoms with Gasteiger partial charge in [-0.25, -0.2) is 4.79 Å². The molecule has 2 aliphatic rings. The minimum Gasteiger partial charge on any atom is -0.444 e. The van der Waals surface area contributed by atoms with Crippen LogP contribution in [-0.4, -0.2) is 67.5 Å². The van der Waals surface area contributed by atoms with Gasteiger partial charge in [0.2, 0.25) is 0 Å². The Bertz CT molecular complexity index is 510. The van der Waals surface area contributed by atoms with Crippen LogP contribution in [0.4, 0.5) is 4.79 Å². The number of nitrogens with one attached hydrogen (secondary N) is 2. The summed E-state index contributed by atoms with van der Waals surface area (Å²) < 4.78 is 11.3. The number of hydrogen-bond donors (Lipinski definition) is 2. The van der Waals surface area contributed by atoms with E-state index >= 15 is 0 Å². The highest BCUT2D eigenvalue weighted by molar-refractivity contribution is 14.0. The summed E-state index contributed by atoms with van der Waals surface area (Å²) in [6.45, 7) is 11.8. The molecule has 0 spiro atoms. The summed E-state index contributed by atoms with van der Waals surface area (Å²) in [7, 11) is 1.77. The fourth-order valence-electron chi connectivity index (χ4n) is 3.47. The second-order valence-electron chi connectivity index (χ2n) is 8.55. The minimum absolute atomic E-state index is 0. The van der Waals surface area contributed by atoms with Gasteiger partial charge in [0, 0.05) is 26.7 Å². The van der Waals surface area contributed by atoms with Gasteiger partial charge in [0.25, 0.3) is 0 Å². The van der Waals surface area contributed by atoms with E-state index in [-0.39, 0.29) is 36.0 Å². The molecule has 2 bridgehead atoms. The average Bonchev–Trinajstić information content (AvgIpc) is 3.14. The number of carbonyl (C=O) groups excluding carboxylic acids is 1. The fraction of sp³-hybridized carbons (Fsp3) is 0.895. The number of hydrogen-bond acceptors (Lipinski definition) is 4. The Morgan fingerprint density at radius 2 is 2.07 bits per heavy atom. The Kier molecular flexibility index (Phi) is 9.61. The summed E-state index contributed by atoms with van der Waals surface area (Å²) in [4.78, 5) is 18.4. The van der Waals surface area contributed by atoms with Crippen molar-refractivity contribution in [3.05, 3.63) is 0 Å². The van der Waals surface area contributed by atoms with E-state index in [4.69, 9.17) is 14.5 Å². The Morgan fingerprint density at radius 3 is 2.59 bits per heavy atom. The van der Waals surface area contributed by atoms with E-state index in [1.54, 1.807) is 11.9 Å². The van der Waals surface area contributed by atoms with Crippen LogP contribution in [0, 0.1) is 5.92 Å². The van der Waals surface area contributed by atoms with E-state index in [1.807, 2.05) is 20.8 Å². The van der Waals surface area contributed by atoms with E-state index < -0.39 is 5.60 Å². The molecule has 1 amide bonds. The van der Waals surface area contributed by atoms with Crippen molar-refractivity contribution in [2.45, 2.75) is 77.7 Å². The molecule has 0 saturated carbocycles. The summed E-state index contributed by atoms with van der Waals surface area (Å²) in [5.41, 5.74) is -0.475. The number of carbonyl (C=O) groups is 1. The molecule has 0 aliphatic carbocycles. The van der Waals surface area contributed by atoms with Crippen LogP contribution in [0.15, 0.2) is 4.99 Å². The first-order valence-corrected chi connectivity index (χ1v) is 9.82. The molecule has 0 aromatic rings. The number of guanidine groups is 1. The largest absolute Gasteiger partial charge is 0.444 e. The third kappa shape index (κ3) is 8.01. The SMILES string of the molecule is CCNC(=NCC(C)CN(C)C(=O)OC(C)(C)C)NC1CC2CCC1O2.I. The zero-order valence-electron chi connectivity index (χ0n) is 17.6. The average molecular weight is 496 g/mol. The second kappa shape index (κ2) is 10.7. The Morgan fingerprint density at radius 1 is 1.37 bits per heavy atom. The predicted molar refractivity (Wildman–Crippen MR) is 119 cm³/mol. The lowest BCUT2D eigenvalue weighted by Gasteiger charge is -2.26. The number of halogens is 1. The summed E-state index contributed by atoms with van der Waals surface area (Å²) in [6.07, 6.45) is 3.83. The summed E-state index contributed by atoms with van der Waals surface area (Å²) in [5.74, 6) is 1.07. The first-order valence-electron chi connectivity index (χ1n) is 9.82. The van der Waals surface area contributed by atoms with Crippen LogP contribution in [0.3, 0.4) is 0 Å². The molecule has 8 heteroatoms. The van der Waals surface area contributed by atoms with Crippen LogP contribution in [0.25, 0.3) is 0 Å². The van der Waals surface area contributed by atoms with Crippen LogP contribution in [-0.2, 0) is 9.47 Å². The van der Waals surface area contributed by atoms with E-state index in [9.17, 15) is 4.79 Å². The van der Waals surface area contributed by atoms with Gasteiger partial charge in [0.15, 0.2) is 5.96 Å². The van der Waals surface area contributed by atoms with Gasteiger partial charge < -0.3 is 25.0 Å². The van der Waals surface area contributed by atoms with E-state index in [1.165, 1.54) is 6.42 Å². The molecule has 2 heterocycles. The zero-order valence-corrected chi connectivity index (χ0v) is 19.9. The summed E-state index contributed by atoms with van der Waals surface area (Å²) in [6, 6.07) is 0.353. The van der Waals surface area contributed by atoms with E-state index in [0.29, 0.717) is 31.3 Å². The van der Waals surface area contributed by atoms with Gasteiger partial charge in [0.05, 0.1) is 18.2 Å². The van der Waals surface area contributed by atoms with Gasteiger partial charge in [-0.2, -0.15) is 0 Å². The Hall–Kier alpha value is -0.770. The van der Waals surface area contributed by atoms with Gasteiger partial charge in [-0.1, -0.05) is 6.92 Å². The maximum absolute atomic E-state index is 12.1. The molecule has 2 aliphatic heterocycles. The summed E-state index contributed by atoms with van der Waals surface area (Å²) in [5, 5.41) is 6.83. The van der Waals surface area contributed by atoms with Crippen LogP contribution >= 0.6 is 24.0 Å². The molecule has 7 nitrogen and oxygen atoms in total. The smallest absolute Gasteiger partial charge is 0.410 e. The molecule has 27 heavy (non-hydrogen) atoms. The first-order chi connectivity index (χ1) is 12.2. The van der Waals surface area contributed by atoms with Crippen LogP contribution in [0.5, 0.6) is 0 Å². The lowest BCUT2D eigenvalue weighted by Crippen LogP contribution is -2.47. The van der Waals surface area contributed by atoms with E-state index in [2.05, 4.69) is 24.5 Å². The lowest BCUT2D eigenvalue weighted by molar-refractivity contribution is 0.0279. The number of fused-ring (bicyclic) bond motifs is 2. The van der Waals surface area contributed by atoms with Crippen LogP contribution in [0.1, 0.15) is 53.9 Å². The standard InChI is InChI=1S/C19H36N4O3.HI/c1-7-20-17(22-15-10-14-8-9-16(15)25-14)21-11-13(2)12-23(6)18(24)26-19(3,4)5;/h13-16H,7-12H2,1-6H3,(H2,20,21,22);1H. The van der Waals surface area contributed by atoms with Crippen LogP contribution in [0.2, 0.25) is 0 Å². The zero-order chi connectivity index (χ0) is 19.3. The molecule has 0 aromatic carbocycles. The maximum atomic E-state index is 12.1. The van der Waals surface area contributed by atoms with Crippen molar-refractivity contribution in [2.75, 3.05) is 26.7 Å². The van der Waals surface area contributed by atoms with Crippen molar-refractivity contribution in [3.63, 3.8) is 0 Å². The molecule has 2 N–H and O–H groups in total. The highest BCUT2D eigenvalue weighted by atomic mass is 127. The van der Waals surface area contributed by atoms with Gasteiger partial charge in [-0.05, 0) is 52.9 Å².